The Morgan fingerprint density at radius 2 is 2.14 bits per heavy atom. The number of carbonyl (C=O) groups is 1. The predicted octanol–water partition coefficient (Wildman–Crippen LogP) is 1.41. The summed E-state index contributed by atoms with van der Waals surface area (Å²) in [5, 5.41) is 9.25. The number of amides is 1. The second-order valence-electron chi connectivity index (χ2n) is 6.74. The highest BCUT2D eigenvalue weighted by Crippen LogP contribution is 2.29. The summed E-state index contributed by atoms with van der Waals surface area (Å²) in [6.07, 6.45) is 0.820. The van der Waals surface area contributed by atoms with Crippen molar-refractivity contribution in [1.82, 2.24) is 24.0 Å². The van der Waals surface area contributed by atoms with Crippen LogP contribution in [0, 0.1) is 6.92 Å². The number of benzene rings is 1. The van der Waals surface area contributed by atoms with Crippen molar-refractivity contribution in [2.24, 2.45) is 0 Å². The summed E-state index contributed by atoms with van der Waals surface area (Å²) in [7, 11) is 1.56. The van der Waals surface area contributed by atoms with Crippen LogP contribution in [-0.4, -0.2) is 55.4 Å². The number of ether oxygens (including phenoxy) is 1. The number of anilines is 1. The van der Waals surface area contributed by atoms with Crippen LogP contribution in [-0.2, 0) is 0 Å². The van der Waals surface area contributed by atoms with Gasteiger partial charge in [0.05, 0.1) is 18.8 Å². The number of aryl methyl sites for hydroxylation is 1. The molecule has 1 atom stereocenters. The maximum absolute atomic E-state index is 13.4. The van der Waals surface area contributed by atoms with E-state index in [2.05, 4.69) is 9.97 Å². The molecule has 0 bridgehead atoms. The molecule has 3 aromatic rings. The van der Waals surface area contributed by atoms with E-state index in [0.717, 1.165) is 5.56 Å². The molecule has 1 aliphatic heterocycles. The number of imidazole rings is 1. The summed E-state index contributed by atoms with van der Waals surface area (Å²) in [6.45, 7) is 2.48. The van der Waals surface area contributed by atoms with Crippen LogP contribution >= 0.6 is 0 Å². The molecule has 0 radical (unpaired) electrons. The Kier molecular flexibility index (Phi) is 4.17. The third-order valence-corrected chi connectivity index (χ3v) is 5.13. The lowest BCUT2D eigenvalue weighted by molar-refractivity contribution is 0.154. The Balaban J connectivity index is 1.95. The van der Waals surface area contributed by atoms with E-state index in [1.165, 1.54) is 20.4 Å². The quantitative estimate of drug-likeness (QED) is 0.698. The molecule has 3 heterocycles. The molecule has 1 aliphatic rings. The van der Waals surface area contributed by atoms with Crippen molar-refractivity contribution in [1.29, 1.82) is 0 Å². The van der Waals surface area contributed by atoms with E-state index in [9.17, 15) is 14.7 Å². The average molecular weight is 384 g/mol. The van der Waals surface area contributed by atoms with Crippen LogP contribution in [0.15, 0.2) is 29.3 Å². The fourth-order valence-electron chi connectivity index (χ4n) is 3.71. The molecule has 4 rings (SSSR count). The number of carboxylic acid groups (broad SMARTS) is 1. The van der Waals surface area contributed by atoms with E-state index >= 15 is 0 Å². The molecule has 146 valence electrons. The van der Waals surface area contributed by atoms with Gasteiger partial charge in [0.2, 0.25) is 0 Å². The molecule has 0 aliphatic carbocycles. The van der Waals surface area contributed by atoms with Crippen molar-refractivity contribution in [2.75, 3.05) is 25.9 Å². The molecule has 1 unspecified atom stereocenters. The highest BCUT2D eigenvalue weighted by Gasteiger charge is 2.31. The highest BCUT2D eigenvalue weighted by atomic mass is 16.5. The van der Waals surface area contributed by atoms with Gasteiger partial charge in [-0.25, -0.2) is 19.6 Å². The van der Waals surface area contributed by atoms with E-state index in [1.807, 2.05) is 13.0 Å². The van der Waals surface area contributed by atoms with Gasteiger partial charge < -0.3 is 20.5 Å². The molecule has 28 heavy (non-hydrogen) atoms. The molecular formula is C18H20N6O4. The van der Waals surface area contributed by atoms with Crippen LogP contribution in [0.2, 0.25) is 0 Å². The summed E-state index contributed by atoms with van der Waals surface area (Å²) < 4.78 is 8.35. The van der Waals surface area contributed by atoms with E-state index in [-0.39, 0.29) is 24.1 Å². The maximum atomic E-state index is 13.4. The number of fused-ring (bicyclic) bond motifs is 1. The van der Waals surface area contributed by atoms with Gasteiger partial charge in [-0.05, 0) is 25.0 Å². The summed E-state index contributed by atoms with van der Waals surface area (Å²) in [6, 6.07) is 5.08. The lowest BCUT2D eigenvalue weighted by Gasteiger charge is -2.13. The Morgan fingerprint density at radius 1 is 1.36 bits per heavy atom. The van der Waals surface area contributed by atoms with Gasteiger partial charge in [0, 0.05) is 19.2 Å². The lowest BCUT2D eigenvalue weighted by Crippen LogP contribution is -2.31. The maximum Gasteiger partial charge on any atom is 0.407 e. The van der Waals surface area contributed by atoms with Crippen LogP contribution in [0.1, 0.15) is 18.0 Å². The number of hydrogen-bond donors (Lipinski definition) is 2. The third-order valence-electron chi connectivity index (χ3n) is 5.13. The second-order valence-corrected chi connectivity index (χ2v) is 6.74. The first-order valence-corrected chi connectivity index (χ1v) is 8.78. The zero-order valence-electron chi connectivity index (χ0n) is 15.5. The first-order valence-electron chi connectivity index (χ1n) is 8.78. The van der Waals surface area contributed by atoms with Gasteiger partial charge >= 0.3 is 11.8 Å². The molecule has 2 aromatic heterocycles. The Morgan fingerprint density at radius 3 is 2.82 bits per heavy atom. The monoisotopic (exact) mass is 384 g/mol. The zero-order valence-corrected chi connectivity index (χ0v) is 15.5. The molecule has 1 saturated heterocycles. The first-order chi connectivity index (χ1) is 13.4. The summed E-state index contributed by atoms with van der Waals surface area (Å²) in [5.74, 6) is 0.812. The van der Waals surface area contributed by atoms with Crippen molar-refractivity contribution in [2.45, 2.75) is 19.4 Å². The summed E-state index contributed by atoms with van der Waals surface area (Å²) in [4.78, 5) is 34.3. The van der Waals surface area contributed by atoms with Gasteiger partial charge in [-0.1, -0.05) is 6.07 Å². The minimum atomic E-state index is -1.00. The van der Waals surface area contributed by atoms with Gasteiger partial charge in [-0.3, -0.25) is 9.13 Å². The zero-order chi connectivity index (χ0) is 20.0. The SMILES string of the molecule is COc1cc(-n2c(=O)n(C3CCN(C(=O)O)C3)c3ncnc(N)c32)ccc1C. The van der Waals surface area contributed by atoms with Crippen LogP contribution in [0.25, 0.3) is 16.9 Å². The van der Waals surface area contributed by atoms with Crippen LogP contribution in [0.4, 0.5) is 10.6 Å². The normalized spacial score (nSPS) is 16.6. The Bertz CT molecular complexity index is 1140. The third kappa shape index (κ3) is 2.65. The minimum Gasteiger partial charge on any atom is -0.496 e. The van der Waals surface area contributed by atoms with Gasteiger partial charge in [-0.2, -0.15) is 0 Å². The summed E-state index contributed by atoms with van der Waals surface area (Å²) >= 11 is 0. The number of likely N-dealkylation sites (tertiary alicyclic amines) is 1. The molecular weight excluding hydrogens is 364 g/mol. The Hall–Kier alpha value is -3.56. The van der Waals surface area contributed by atoms with Crippen LogP contribution in [0.3, 0.4) is 0 Å². The van der Waals surface area contributed by atoms with Crippen molar-refractivity contribution in [3.8, 4) is 11.4 Å². The lowest BCUT2D eigenvalue weighted by atomic mass is 10.2. The fourth-order valence-corrected chi connectivity index (χ4v) is 3.71. The number of nitrogens with zero attached hydrogens (tertiary/aromatic N) is 5. The average Bonchev–Trinajstić information content (AvgIpc) is 3.25. The number of methoxy groups -OCH3 is 1. The Labute approximate surface area is 159 Å². The number of rotatable bonds is 3. The largest absolute Gasteiger partial charge is 0.496 e. The van der Waals surface area contributed by atoms with Crippen molar-refractivity contribution < 1.29 is 14.6 Å². The number of nitrogen functional groups attached to an aromatic ring is 1. The molecule has 3 N–H and O–H groups in total. The molecule has 1 amide bonds. The standard InChI is InChI=1S/C18H20N6O4/c1-10-3-4-11(7-13(10)28-2)23-14-15(19)20-9-21-16(14)24(17(23)25)12-5-6-22(8-12)18(26)27/h3-4,7,9,12H,5-6,8H2,1-2H3,(H,26,27)(H2,19,20,21). The molecule has 0 saturated carbocycles. The minimum absolute atomic E-state index is 0.175. The van der Waals surface area contributed by atoms with Gasteiger partial charge in [-0.15, -0.1) is 0 Å². The first kappa shape index (κ1) is 17.8. The summed E-state index contributed by atoms with van der Waals surface area (Å²) in [5.41, 5.74) is 8.03. The van der Waals surface area contributed by atoms with Crippen molar-refractivity contribution in [3.05, 3.63) is 40.6 Å². The molecule has 10 heteroatoms. The number of nitrogens with two attached hydrogens (primary N) is 1. The predicted molar refractivity (Wildman–Crippen MR) is 102 cm³/mol. The van der Waals surface area contributed by atoms with Crippen molar-refractivity contribution >= 4 is 23.1 Å². The van der Waals surface area contributed by atoms with E-state index in [0.29, 0.717) is 35.6 Å². The number of hydrogen-bond acceptors (Lipinski definition) is 6. The molecule has 1 fully saturated rings. The number of aromatic nitrogens is 4. The molecule has 1 aromatic carbocycles. The fraction of sp³-hybridized carbons (Fsp3) is 0.333. The topological polar surface area (TPSA) is 128 Å². The van der Waals surface area contributed by atoms with E-state index in [1.54, 1.807) is 19.2 Å². The van der Waals surface area contributed by atoms with E-state index < -0.39 is 6.09 Å². The molecule has 0 spiro atoms. The van der Waals surface area contributed by atoms with Crippen molar-refractivity contribution in [3.63, 3.8) is 0 Å². The van der Waals surface area contributed by atoms with Gasteiger partial charge in [0.15, 0.2) is 11.5 Å². The smallest absolute Gasteiger partial charge is 0.407 e. The second kappa shape index (κ2) is 6.55. The van der Waals surface area contributed by atoms with Gasteiger partial charge in [0.1, 0.15) is 17.6 Å². The molecule has 10 nitrogen and oxygen atoms in total. The van der Waals surface area contributed by atoms with E-state index in [4.69, 9.17) is 10.5 Å². The van der Waals surface area contributed by atoms with Gasteiger partial charge in [0.25, 0.3) is 0 Å². The highest BCUT2D eigenvalue weighted by molar-refractivity contribution is 5.84. The van der Waals surface area contributed by atoms with Crippen LogP contribution in [0.5, 0.6) is 5.75 Å². The van der Waals surface area contributed by atoms with Crippen LogP contribution < -0.4 is 16.2 Å².